The lowest BCUT2D eigenvalue weighted by molar-refractivity contribution is -0.139. The van der Waals surface area contributed by atoms with Gasteiger partial charge in [0.15, 0.2) is 18.1 Å². The average Bonchev–Trinajstić information content (AvgIpc) is 2.94. The maximum absolute atomic E-state index is 13.5. The zero-order chi connectivity index (χ0) is 26.7. The molecule has 7 nitrogen and oxygen atoms in total. The lowest BCUT2D eigenvalue weighted by Crippen LogP contribution is -2.33. The van der Waals surface area contributed by atoms with Gasteiger partial charge >= 0.3 is 5.97 Å². The van der Waals surface area contributed by atoms with Crippen molar-refractivity contribution in [3.63, 3.8) is 0 Å². The van der Waals surface area contributed by atoms with E-state index in [0.29, 0.717) is 35.9 Å². The summed E-state index contributed by atoms with van der Waals surface area (Å²) in [5, 5.41) is 9.53. The molecule has 0 saturated heterocycles. The first-order chi connectivity index (χ1) is 18.5. The Kier molecular flexibility index (Phi) is 9.32. The van der Waals surface area contributed by atoms with E-state index in [0.717, 1.165) is 16.8 Å². The van der Waals surface area contributed by atoms with Crippen LogP contribution in [0.3, 0.4) is 0 Å². The highest BCUT2D eigenvalue weighted by molar-refractivity contribution is 6.33. The Labute approximate surface area is 226 Å². The number of pyridine rings is 1. The Balaban J connectivity index is 1.57. The number of carboxylic acids is 1. The molecule has 1 N–H and O–H groups in total. The van der Waals surface area contributed by atoms with Gasteiger partial charge in [0, 0.05) is 31.4 Å². The first-order valence-corrected chi connectivity index (χ1v) is 12.5. The Morgan fingerprint density at radius 1 is 0.842 bits per heavy atom. The van der Waals surface area contributed by atoms with Crippen molar-refractivity contribution in [1.82, 2.24) is 9.88 Å². The van der Waals surface area contributed by atoms with Gasteiger partial charge in [0.25, 0.3) is 5.91 Å². The van der Waals surface area contributed by atoms with Gasteiger partial charge in [0.2, 0.25) is 0 Å². The van der Waals surface area contributed by atoms with Gasteiger partial charge in [-0.15, -0.1) is 0 Å². The summed E-state index contributed by atoms with van der Waals surface area (Å²) >= 11 is 6.33. The Morgan fingerprint density at radius 2 is 1.61 bits per heavy atom. The van der Waals surface area contributed by atoms with E-state index in [9.17, 15) is 9.59 Å². The van der Waals surface area contributed by atoms with E-state index in [1.54, 1.807) is 47.5 Å². The normalized spacial score (nSPS) is 10.6. The fraction of sp³-hybridized carbons (Fsp3) is 0.167. The van der Waals surface area contributed by atoms with Crippen molar-refractivity contribution in [1.29, 1.82) is 0 Å². The minimum atomic E-state index is -1.10. The number of aliphatic carboxylic acids is 1. The third-order valence-corrected chi connectivity index (χ3v) is 6.05. The van der Waals surface area contributed by atoms with Gasteiger partial charge in [-0.05, 0) is 47.5 Å². The highest BCUT2D eigenvalue weighted by Gasteiger charge is 2.20. The summed E-state index contributed by atoms with van der Waals surface area (Å²) in [6, 6.07) is 27.5. The van der Waals surface area contributed by atoms with Crippen LogP contribution in [0.15, 0.2) is 97.2 Å². The van der Waals surface area contributed by atoms with Crippen LogP contribution in [0.25, 0.3) is 0 Å². The summed E-state index contributed by atoms with van der Waals surface area (Å²) in [5.74, 6) is -0.619. The molecule has 0 bridgehead atoms. The minimum Gasteiger partial charge on any atom is -0.485 e. The number of aromatic nitrogens is 1. The van der Waals surface area contributed by atoms with E-state index in [-0.39, 0.29) is 18.2 Å². The maximum Gasteiger partial charge on any atom is 0.341 e. The molecule has 4 aromatic rings. The standard InChI is InChI=1S/C30H27ClN2O5/c31-26-12-5-4-11-25(26)30(36)33(17-15-24-10-6-7-16-32-24)19-23-13-14-27(28(18-23)38-21-29(34)35)37-20-22-8-2-1-3-9-22/h1-14,16,18H,15,17,19-21H2,(H,34,35). The molecule has 1 heterocycles. The molecule has 0 aliphatic heterocycles. The number of hydrogen-bond donors (Lipinski definition) is 1. The van der Waals surface area contributed by atoms with Crippen LogP contribution in [-0.4, -0.2) is 40.0 Å². The van der Waals surface area contributed by atoms with E-state index < -0.39 is 12.6 Å². The number of carbonyl (C=O) groups excluding carboxylic acids is 1. The molecule has 0 aliphatic rings. The number of carboxylic acid groups (broad SMARTS) is 1. The molecule has 3 aromatic carbocycles. The Bertz CT molecular complexity index is 1370. The summed E-state index contributed by atoms with van der Waals surface area (Å²) in [6.45, 7) is 0.426. The number of carbonyl (C=O) groups is 2. The van der Waals surface area contributed by atoms with Crippen LogP contribution in [0.2, 0.25) is 5.02 Å². The lowest BCUT2D eigenvalue weighted by atomic mass is 10.1. The van der Waals surface area contributed by atoms with Crippen LogP contribution in [0.4, 0.5) is 0 Å². The molecule has 194 valence electrons. The van der Waals surface area contributed by atoms with Crippen LogP contribution in [0.5, 0.6) is 11.5 Å². The zero-order valence-corrected chi connectivity index (χ0v) is 21.4. The van der Waals surface area contributed by atoms with Crippen LogP contribution >= 0.6 is 11.6 Å². The van der Waals surface area contributed by atoms with Crippen molar-refractivity contribution in [2.24, 2.45) is 0 Å². The average molecular weight is 531 g/mol. The van der Waals surface area contributed by atoms with Crippen LogP contribution in [0.1, 0.15) is 27.2 Å². The largest absolute Gasteiger partial charge is 0.485 e. The molecule has 0 aliphatic carbocycles. The highest BCUT2D eigenvalue weighted by atomic mass is 35.5. The van der Waals surface area contributed by atoms with Crippen molar-refractivity contribution >= 4 is 23.5 Å². The molecule has 0 fully saturated rings. The lowest BCUT2D eigenvalue weighted by Gasteiger charge is -2.24. The zero-order valence-electron chi connectivity index (χ0n) is 20.6. The van der Waals surface area contributed by atoms with Gasteiger partial charge in [-0.2, -0.15) is 0 Å². The molecule has 38 heavy (non-hydrogen) atoms. The topological polar surface area (TPSA) is 89.0 Å². The fourth-order valence-corrected chi connectivity index (χ4v) is 4.05. The number of amides is 1. The smallest absolute Gasteiger partial charge is 0.341 e. The fourth-order valence-electron chi connectivity index (χ4n) is 3.83. The van der Waals surface area contributed by atoms with E-state index in [4.69, 9.17) is 26.2 Å². The van der Waals surface area contributed by atoms with Crippen molar-refractivity contribution in [2.45, 2.75) is 19.6 Å². The first-order valence-electron chi connectivity index (χ1n) is 12.1. The van der Waals surface area contributed by atoms with Crippen molar-refractivity contribution in [3.8, 4) is 11.5 Å². The highest BCUT2D eigenvalue weighted by Crippen LogP contribution is 2.30. The van der Waals surface area contributed by atoms with Crippen LogP contribution in [-0.2, 0) is 24.4 Å². The number of ether oxygens (including phenoxy) is 2. The van der Waals surface area contributed by atoms with Gasteiger partial charge in [-0.1, -0.05) is 66.2 Å². The Hall–Kier alpha value is -4.36. The number of hydrogen-bond acceptors (Lipinski definition) is 5. The second kappa shape index (κ2) is 13.3. The predicted octanol–water partition coefficient (Wildman–Crippen LogP) is 5.66. The Morgan fingerprint density at radius 3 is 2.34 bits per heavy atom. The number of rotatable bonds is 12. The van der Waals surface area contributed by atoms with Gasteiger partial charge in [-0.3, -0.25) is 9.78 Å². The summed E-state index contributed by atoms with van der Waals surface area (Å²) in [4.78, 5) is 30.7. The molecule has 0 radical (unpaired) electrons. The quantitative estimate of drug-likeness (QED) is 0.254. The molecular formula is C30H27ClN2O5. The summed E-state index contributed by atoms with van der Waals surface area (Å²) in [5.41, 5.74) is 2.98. The molecule has 0 spiro atoms. The predicted molar refractivity (Wildman–Crippen MR) is 144 cm³/mol. The minimum absolute atomic E-state index is 0.219. The van der Waals surface area contributed by atoms with Gasteiger partial charge < -0.3 is 19.5 Å². The van der Waals surface area contributed by atoms with E-state index >= 15 is 0 Å². The monoisotopic (exact) mass is 530 g/mol. The second-order valence-corrected chi connectivity index (χ2v) is 8.92. The van der Waals surface area contributed by atoms with Gasteiger partial charge in [0.1, 0.15) is 6.61 Å². The number of nitrogens with zero attached hydrogens (tertiary/aromatic N) is 2. The molecule has 8 heteroatoms. The van der Waals surface area contributed by atoms with Crippen molar-refractivity contribution in [3.05, 3.63) is 125 Å². The van der Waals surface area contributed by atoms with E-state index in [2.05, 4.69) is 4.98 Å². The van der Waals surface area contributed by atoms with Crippen LogP contribution in [0, 0.1) is 0 Å². The number of halogens is 1. The SMILES string of the molecule is O=C(O)COc1cc(CN(CCc2ccccn2)C(=O)c2ccccc2Cl)ccc1OCc1ccccc1. The third-order valence-electron chi connectivity index (χ3n) is 5.73. The van der Waals surface area contributed by atoms with E-state index in [1.807, 2.05) is 54.6 Å². The first kappa shape index (κ1) is 26.7. The summed E-state index contributed by atoms with van der Waals surface area (Å²) in [6.07, 6.45) is 2.27. The second-order valence-electron chi connectivity index (χ2n) is 8.52. The molecule has 0 atom stereocenters. The van der Waals surface area contributed by atoms with Crippen molar-refractivity contribution < 1.29 is 24.2 Å². The molecule has 0 saturated carbocycles. The summed E-state index contributed by atoms with van der Waals surface area (Å²) < 4.78 is 11.5. The molecule has 1 amide bonds. The maximum atomic E-state index is 13.5. The van der Waals surface area contributed by atoms with E-state index in [1.165, 1.54) is 0 Å². The van der Waals surface area contributed by atoms with Crippen LogP contribution < -0.4 is 9.47 Å². The molecule has 0 unspecified atom stereocenters. The molecule has 1 aromatic heterocycles. The molecule has 4 rings (SSSR count). The number of benzene rings is 3. The van der Waals surface area contributed by atoms with Crippen molar-refractivity contribution in [2.75, 3.05) is 13.2 Å². The third kappa shape index (κ3) is 7.57. The van der Waals surface area contributed by atoms with Gasteiger partial charge in [-0.25, -0.2) is 4.79 Å². The molecular weight excluding hydrogens is 504 g/mol. The van der Waals surface area contributed by atoms with Gasteiger partial charge in [0.05, 0.1) is 10.6 Å². The summed E-state index contributed by atoms with van der Waals surface area (Å²) in [7, 11) is 0.